The van der Waals surface area contributed by atoms with E-state index < -0.39 is 5.54 Å². The zero-order valence-corrected chi connectivity index (χ0v) is 11.8. The monoisotopic (exact) mass is 321 g/mol. The Balaban J connectivity index is 2.13. The topological polar surface area (TPSA) is 56.2 Å². The standard InChI is InChI=1S/C13H11BrFN4/c1-13(8-4-2-3-5-9(8)15)7-19-6-10(14)17-12(19)11(16)18-13/h3-6H,7H2,1H3,(H2,16,18). The van der Waals surface area contributed by atoms with Crippen LogP contribution in [0.2, 0.25) is 0 Å². The van der Waals surface area contributed by atoms with Crippen molar-refractivity contribution in [2.45, 2.75) is 19.0 Å². The molecule has 0 aliphatic carbocycles. The molecule has 4 nitrogen and oxygen atoms in total. The number of aromatic nitrogens is 2. The van der Waals surface area contributed by atoms with Crippen LogP contribution >= 0.6 is 15.9 Å². The largest absolute Gasteiger partial charge is 0.381 e. The summed E-state index contributed by atoms with van der Waals surface area (Å²) in [5.74, 6) is 0.604. The van der Waals surface area contributed by atoms with E-state index in [2.05, 4.69) is 32.0 Å². The summed E-state index contributed by atoms with van der Waals surface area (Å²) in [5.41, 5.74) is 5.66. The van der Waals surface area contributed by atoms with E-state index in [0.717, 1.165) is 0 Å². The summed E-state index contributed by atoms with van der Waals surface area (Å²) in [5, 5.41) is 0. The molecule has 1 atom stereocenters. The van der Waals surface area contributed by atoms with Gasteiger partial charge in [0.1, 0.15) is 16.0 Å². The van der Waals surface area contributed by atoms with E-state index in [1.807, 2.05) is 17.7 Å². The van der Waals surface area contributed by atoms with E-state index >= 15 is 0 Å². The lowest BCUT2D eigenvalue weighted by Crippen LogP contribution is -2.37. The van der Waals surface area contributed by atoms with Crippen LogP contribution in [0.15, 0.2) is 34.0 Å². The van der Waals surface area contributed by atoms with Gasteiger partial charge in [-0.3, -0.25) is 4.99 Å². The molecule has 1 unspecified atom stereocenters. The summed E-state index contributed by atoms with van der Waals surface area (Å²) in [4.78, 5) is 8.67. The summed E-state index contributed by atoms with van der Waals surface area (Å²) < 4.78 is 16.5. The van der Waals surface area contributed by atoms with Gasteiger partial charge in [-0.2, -0.15) is 0 Å². The third-order valence-corrected chi connectivity index (χ3v) is 3.59. The number of fused-ring (bicyclic) bond motifs is 1. The zero-order valence-electron chi connectivity index (χ0n) is 10.2. The highest BCUT2D eigenvalue weighted by molar-refractivity contribution is 9.10. The molecular weight excluding hydrogens is 311 g/mol. The fourth-order valence-electron chi connectivity index (χ4n) is 2.36. The second-order valence-corrected chi connectivity index (χ2v) is 5.50. The van der Waals surface area contributed by atoms with Gasteiger partial charge in [-0.25, -0.2) is 9.37 Å². The van der Waals surface area contributed by atoms with Gasteiger partial charge in [0.15, 0.2) is 11.7 Å². The van der Waals surface area contributed by atoms with Gasteiger partial charge in [0.05, 0.1) is 6.54 Å². The molecule has 6 heteroatoms. The minimum atomic E-state index is -0.751. The molecule has 0 bridgehead atoms. The summed E-state index contributed by atoms with van der Waals surface area (Å²) in [7, 11) is 0. The minimum Gasteiger partial charge on any atom is -0.381 e. The first-order chi connectivity index (χ1) is 8.99. The van der Waals surface area contributed by atoms with Gasteiger partial charge in [-0.05, 0) is 41.1 Å². The molecule has 2 N–H and O–H groups in total. The van der Waals surface area contributed by atoms with Crippen LogP contribution in [0, 0.1) is 11.9 Å². The Morgan fingerprint density at radius 2 is 2.37 bits per heavy atom. The lowest BCUT2D eigenvalue weighted by Gasteiger charge is -2.31. The Kier molecular flexibility index (Phi) is 2.70. The summed E-state index contributed by atoms with van der Waals surface area (Å²) in [6.07, 6.45) is 1.82. The maximum absolute atomic E-state index is 14.0. The molecule has 19 heavy (non-hydrogen) atoms. The molecule has 0 saturated heterocycles. The molecule has 0 amide bonds. The highest BCUT2D eigenvalue weighted by Crippen LogP contribution is 2.33. The third kappa shape index (κ3) is 1.96. The first kappa shape index (κ1) is 12.3. The zero-order chi connectivity index (χ0) is 13.6. The van der Waals surface area contributed by atoms with Gasteiger partial charge in [-0.1, -0.05) is 6.07 Å². The van der Waals surface area contributed by atoms with Crippen molar-refractivity contribution < 1.29 is 4.39 Å². The third-order valence-electron chi connectivity index (χ3n) is 3.21. The molecule has 0 fully saturated rings. The minimum absolute atomic E-state index is 0.305. The molecule has 3 rings (SSSR count). The first-order valence-electron chi connectivity index (χ1n) is 5.74. The van der Waals surface area contributed by atoms with Crippen LogP contribution in [0.1, 0.15) is 18.3 Å². The number of hydrogen-bond acceptors (Lipinski definition) is 3. The van der Waals surface area contributed by atoms with Crippen LogP contribution in [0.4, 0.5) is 4.39 Å². The molecule has 1 radical (unpaired) electrons. The van der Waals surface area contributed by atoms with Gasteiger partial charge in [-0.15, -0.1) is 0 Å². The SMILES string of the molecule is CC1(c2c[c]ccc2F)Cn2cc(Br)nc2C(N)=N1. The van der Waals surface area contributed by atoms with Crippen LogP contribution < -0.4 is 5.73 Å². The van der Waals surface area contributed by atoms with Crippen LogP contribution in [0.25, 0.3) is 0 Å². The van der Waals surface area contributed by atoms with E-state index in [9.17, 15) is 4.39 Å². The van der Waals surface area contributed by atoms with Crippen molar-refractivity contribution in [3.8, 4) is 0 Å². The highest BCUT2D eigenvalue weighted by Gasteiger charge is 2.34. The van der Waals surface area contributed by atoms with Crippen molar-refractivity contribution in [3.05, 3.63) is 52.3 Å². The molecule has 1 aromatic carbocycles. The van der Waals surface area contributed by atoms with Crippen molar-refractivity contribution in [1.29, 1.82) is 0 Å². The smallest absolute Gasteiger partial charge is 0.176 e. The molecule has 1 aromatic heterocycles. The van der Waals surface area contributed by atoms with Crippen LogP contribution in [0.5, 0.6) is 0 Å². The maximum atomic E-state index is 14.0. The number of hydrogen-bond donors (Lipinski definition) is 1. The first-order valence-corrected chi connectivity index (χ1v) is 6.53. The number of benzene rings is 1. The molecule has 0 saturated carbocycles. The van der Waals surface area contributed by atoms with Crippen molar-refractivity contribution in [2.75, 3.05) is 0 Å². The number of rotatable bonds is 1. The van der Waals surface area contributed by atoms with Crippen LogP contribution in [-0.2, 0) is 12.1 Å². The predicted molar refractivity (Wildman–Crippen MR) is 73.2 cm³/mol. The van der Waals surface area contributed by atoms with Crippen molar-refractivity contribution >= 4 is 21.8 Å². The molecule has 2 aromatic rings. The number of nitrogens with zero attached hydrogens (tertiary/aromatic N) is 3. The predicted octanol–water partition coefficient (Wildman–Crippen LogP) is 2.22. The fraction of sp³-hybridized carbons (Fsp3) is 0.231. The van der Waals surface area contributed by atoms with Crippen molar-refractivity contribution in [2.24, 2.45) is 10.7 Å². The quantitative estimate of drug-likeness (QED) is 0.875. The van der Waals surface area contributed by atoms with E-state index in [0.29, 0.717) is 28.4 Å². The van der Waals surface area contributed by atoms with E-state index in [1.54, 1.807) is 6.07 Å². The second kappa shape index (κ2) is 4.16. The number of imidazole rings is 1. The molecule has 0 spiro atoms. The average Bonchev–Trinajstić information content (AvgIpc) is 2.70. The van der Waals surface area contributed by atoms with Gasteiger partial charge in [0, 0.05) is 11.8 Å². The number of amidine groups is 1. The van der Waals surface area contributed by atoms with Crippen molar-refractivity contribution in [3.63, 3.8) is 0 Å². The van der Waals surface area contributed by atoms with E-state index in [-0.39, 0.29) is 5.82 Å². The van der Waals surface area contributed by atoms with Crippen LogP contribution in [-0.4, -0.2) is 15.4 Å². The molecule has 97 valence electrons. The molecule has 1 aliphatic rings. The van der Waals surface area contributed by atoms with Gasteiger partial charge in [0.25, 0.3) is 0 Å². The summed E-state index contributed by atoms with van der Waals surface area (Å²) >= 11 is 3.31. The van der Waals surface area contributed by atoms with E-state index in [1.165, 1.54) is 12.1 Å². The maximum Gasteiger partial charge on any atom is 0.176 e. The van der Waals surface area contributed by atoms with Gasteiger partial charge in [0.2, 0.25) is 0 Å². The normalized spacial score (nSPS) is 21.9. The Morgan fingerprint density at radius 3 is 3.11 bits per heavy atom. The number of nitrogens with two attached hydrogens (primary N) is 1. The highest BCUT2D eigenvalue weighted by atomic mass is 79.9. The second-order valence-electron chi connectivity index (χ2n) is 4.69. The van der Waals surface area contributed by atoms with Crippen molar-refractivity contribution in [1.82, 2.24) is 9.55 Å². The van der Waals surface area contributed by atoms with Gasteiger partial charge >= 0.3 is 0 Å². The summed E-state index contributed by atoms with van der Waals surface area (Å²) in [6.45, 7) is 2.33. The number of halogens is 2. The Morgan fingerprint density at radius 1 is 1.58 bits per heavy atom. The Bertz CT molecular complexity index is 679. The van der Waals surface area contributed by atoms with E-state index in [4.69, 9.17) is 5.73 Å². The lowest BCUT2D eigenvalue weighted by atomic mass is 9.91. The summed E-state index contributed by atoms with van der Waals surface area (Å²) in [6, 6.07) is 7.42. The van der Waals surface area contributed by atoms with Crippen LogP contribution in [0.3, 0.4) is 0 Å². The Hall–Kier alpha value is -1.69. The lowest BCUT2D eigenvalue weighted by molar-refractivity contribution is 0.383. The average molecular weight is 322 g/mol. The molecule has 2 heterocycles. The molecular formula is C13H11BrFN4. The van der Waals surface area contributed by atoms with Gasteiger partial charge < -0.3 is 10.3 Å². The Labute approximate surface area is 118 Å². The fourth-order valence-corrected chi connectivity index (χ4v) is 2.78. The molecule has 1 aliphatic heterocycles. The number of aliphatic imine (C=N–C) groups is 1.